The van der Waals surface area contributed by atoms with Crippen LogP contribution >= 0.6 is 11.3 Å². The summed E-state index contributed by atoms with van der Waals surface area (Å²) >= 11 is 1.39. The molecule has 1 aromatic heterocycles. The predicted molar refractivity (Wildman–Crippen MR) is 65.0 cm³/mol. The van der Waals surface area contributed by atoms with Gasteiger partial charge in [0, 0.05) is 18.0 Å². The first-order chi connectivity index (χ1) is 7.65. The van der Waals surface area contributed by atoms with Gasteiger partial charge >= 0.3 is 5.97 Å². The van der Waals surface area contributed by atoms with E-state index in [0.717, 1.165) is 30.4 Å². The lowest BCUT2D eigenvalue weighted by molar-refractivity contribution is 0.0702. The molecule has 0 aliphatic carbocycles. The second kappa shape index (κ2) is 4.97. The van der Waals surface area contributed by atoms with Crippen LogP contribution in [0.4, 0.5) is 0 Å². The first-order valence-electron chi connectivity index (χ1n) is 5.69. The molecular weight excluding hydrogens is 222 g/mol. The maximum Gasteiger partial charge on any atom is 0.345 e. The van der Waals surface area contributed by atoms with Crippen molar-refractivity contribution >= 4 is 17.3 Å². The zero-order valence-corrected chi connectivity index (χ0v) is 10.3. The molecule has 1 aliphatic rings. The highest BCUT2D eigenvalue weighted by atomic mass is 32.1. The van der Waals surface area contributed by atoms with E-state index in [0.29, 0.717) is 4.88 Å². The average molecular weight is 239 g/mol. The van der Waals surface area contributed by atoms with Crippen molar-refractivity contribution in [3.63, 3.8) is 0 Å². The Hall–Kier alpha value is -0.870. The quantitative estimate of drug-likeness (QED) is 0.881. The Morgan fingerprint density at radius 3 is 3.06 bits per heavy atom. The van der Waals surface area contributed by atoms with Crippen LogP contribution in [-0.2, 0) is 6.54 Å². The molecule has 3 nitrogen and oxygen atoms in total. The average Bonchev–Trinajstić information content (AvgIpc) is 2.66. The minimum Gasteiger partial charge on any atom is -0.477 e. The number of carboxylic acids is 1. The van der Waals surface area contributed by atoms with Crippen molar-refractivity contribution in [3.05, 3.63) is 21.9 Å². The Morgan fingerprint density at radius 2 is 2.44 bits per heavy atom. The van der Waals surface area contributed by atoms with E-state index in [1.165, 1.54) is 24.2 Å². The fourth-order valence-electron chi connectivity index (χ4n) is 2.23. The van der Waals surface area contributed by atoms with Crippen LogP contribution in [0.15, 0.2) is 12.1 Å². The number of thiophene rings is 1. The summed E-state index contributed by atoms with van der Waals surface area (Å²) < 4.78 is 0. The lowest BCUT2D eigenvalue weighted by Crippen LogP contribution is -2.33. The molecule has 1 atom stereocenters. The molecule has 1 saturated heterocycles. The van der Waals surface area contributed by atoms with E-state index in [4.69, 9.17) is 5.11 Å². The molecule has 88 valence electrons. The van der Waals surface area contributed by atoms with E-state index in [9.17, 15) is 4.79 Å². The largest absolute Gasteiger partial charge is 0.477 e. The second-order valence-electron chi connectivity index (χ2n) is 4.55. The van der Waals surface area contributed by atoms with Crippen LogP contribution in [0.2, 0.25) is 0 Å². The highest BCUT2D eigenvalue weighted by molar-refractivity contribution is 7.13. The van der Waals surface area contributed by atoms with Gasteiger partial charge in [-0.05, 0) is 37.4 Å². The van der Waals surface area contributed by atoms with Gasteiger partial charge in [-0.3, -0.25) is 4.90 Å². The van der Waals surface area contributed by atoms with E-state index in [1.54, 1.807) is 6.07 Å². The summed E-state index contributed by atoms with van der Waals surface area (Å²) in [4.78, 5) is 14.8. The number of likely N-dealkylation sites (tertiary alicyclic amines) is 1. The molecule has 0 amide bonds. The van der Waals surface area contributed by atoms with Crippen LogP contribution in [0.25, 0.3) is 0 Å². The van der Waals surface area contributed by atoms with Gasteiger partial charge in [-0.2, -0.15) is 0 Å². The fourth-order valence-corrected chi connectivity index (χ4v) is 3.12. The van der Waals surface area contributed by atoms with Gasteiger partial charge in [-0.15, -0.1) is 11.3 Å². The van der Waals surface area contributed by atoms with Crippen molar-refractivity contribution in [1.29, 1.82) is 0 Å². The molecule has 0 radical (unpaired) electrons. The molecule has 1 fully saturated rings. The number of rotatable bonds is 3. The monoisotopic (exact) mass is 239 g/mol. The van der Waals surface area contributed by atoms with Crippen LogP contribution in [0.1, 0.15) is 34.3 Å². The molecule has 0 bridgehead atoms. The first kappa shape index (κ1) is 11.6. The first-order valence-corrected chi connectivity index (χ1v) is 6.51. The van der Waals surface area contributed by atoms with E-state index >= 15 is 0 Å². The van der Waals surface area contributed by atoms with E-state index < -0.39 is 5.97 Å². The molecule has 0 spiro atoms. The topological polar surface area (TPSA) is 40.5 Å². The maximum absolute atomic E-state index is 10.8. The Kier molecular flexibility index (Phi) is 3.61. The number of hydrogen-bond donors (Lipinski definition) is 1. The molecular formula is C12H17NO2S. The number of carboxylic acid groups (broad SMARTS) is 1. The van der Waals surface area contributed by atoms with Crippen LogP contribution in [0, 0.1) is 5.92 Å². The third-order valence-corrected chi connectivity index (χ3v) is 4.05. The van der Waals surface area contributed by atoms with Crippen molar-refractivity contribution < 1.29 is 9.90 Å². The van der Waals surface area contributed by atoms with Crippen molar-refractivity contribution in [3.8, 4) is 0 Å². The Balaban J connectivity index is 1.95. The summed E-state index contributed by atoms with van der Waals surface area (Å²) in [5.41, 5.74) is 0. The number of piperidine rings is 1. The predicted octanol–water partition coefficient (Wildman–Crippen LogP) is 2.68. The zero-order chi connectivity index (χ0) is 11.5. The van der Waals surface area contributed by atoms with Gasteiger partial charge in [0.25, 0.3) is 0 Å². The smallest absolute Gasteiger partial charge is 0.345 e. The lowest BCUT2D eigenvalue weighted by Gasteiger charge is -2.30. The third-order valence-electron chi connectivity index (χ3n) is 2.99. The van der Waals surface area contributed by atoms with Crippen molar-refractivity contribution in [2.24, 2.45) is 5.92 Å². The summed E-state index contributed by atoms with van der Waals surface area (Å²) in [5.74, 6) is -0.0454. The molecule has 2 rings (SSSR count). The standard InChI is InChI=1S/C12H17NO2S/c1-9-3-2-6-13(7-9)8-10-4-5-11(16-10)12(14)15/h4-5,9H,2-3,6-8H2,1H3,(H,14,15). The normalized spacial score (nSPS) is 22.2. The van der Waals surface area contributed by atoms with Gasteiger partial charge in [0.2, 0.25) is 0 Å². The zero-order valence-electron chi connectivity index (χ0n) is 9.48. The van der Waals surface area contributed by atoms with Crippen molar-refractivity contribution in [2.45, 2.75) is 26.3 Å². The highest BCUT2D eigenvalue weighted by Crippen LogP contribution is 2.22. The van der Waals surface area contributed by atoms with Crippen molar-refractivity contribution in [2.75, 3.05) is 13.1 Å². The van der Waals surface area contributed by atoms with E-state index in [1.807, 2.05) is 6.07 Å². The molecule has 1 N–H and O–H groups in total. The van der Waals surface area contributed by atoms with E-state index in [2.05, 4.69) is 11.8 Å². The van der Waals surface area contributed by atoms with Crippen LogP contribution in [0.3, 0.4) is 0 Å². The summed E-state index contributed by atoms with van der Waals surface area (Å²) in [5, 5.41) is 8.84. The number of nitrogens with zero attached hydrogens (tertiary/aromatic N) is 1. The van der Waals surface area contributed by atoms with Gasteiger partial charge in [0.05, 0.1) is 0 Å². The van der Waals surface area contributed by atoms with Gasteiger partial charge in [-0.1, -0.05) is 6.92 Å². The lowest BCUT2D eigenvalue weighted by atomic mass is 10.0. The van der Waals surface area contributed by atoms with Crippen molar-refractivity contribution in [1.82, 2.24) is 4.90 Å². The molecule has 16 heavy (non-hydrogen) atoms. The van der Waals surface area contributed by atoms with Crippen LogP contribution in [-0.4, -0.2) is 29.1 Å². The summed E-state index contributed by atoms with van der Waals surface area (Å²) in [6, 6.07) is 3.64. The molecule has 4 heteroatoms. The summed E-state index contributed by atoms with van der Waals surface area (Å²) in [6.07, 6.45) is 2.58. The number of carbonyl (C=O) groups is 1. The minimum atomic E-state index is -0.816. The number of aromatic carboxylic acids is 1. The minimum absolute atomic E-state index is 0.444. The third kappa shape index (κ3) is 2.83. The SMILES string of the molecule is CC1CCCN(Cc2ccc(C(=O)O)s2)C1. The molecule has 0 saturated carbocycles. The number of hydrogen-bond acceptors (Lipinski definition) is 3. The molecule has 0 aromatic carbocycles. The summed E-state index contributed by atoms with van der Waals surface area (Å²) in [7, 11) is 0. The fraction of sp³-hybridized carbons (Fsp3) is 0.583. The van der Waals surface area contributed by atoms with Gasteiger partial charge in [0.15, 0.2) is 0 Å². The van der Waals surface area contributed by atoms with Gasteiger partial charge < -0.3 is 5.11 Å². The second-order valence-corrected chi connectivity index (χ2v) is 5.72. The molecule has 1 unspecified atom stereocenters. The maximum atomic E-state index is 10.8. The molecule has 1 aromatic rings. The van der Waals surface area contributed by atoms with E-state index in [-0.39, 0.29) is 0 Å². The van der Waals surface area contributed by atoms with Crippen LogP contribution < -0.4 is 0 Å². The molecule has 2 heterocycles. The molecule has 1 aliphatic heterocycles. The highest BCUT2D eigenvalue weighted by Gasteiger charge is 2.17. The van der Waals surface area contributed by atoms with Gasteiger partial charge in [0.1, 0.15) is 4.88 Å². The Morgan fingerprint density at radius 1 is 1.62 bits per heavy atom. The summed E-state index contributed by atoms with van der Waals surface area (Å²) in [6.45, 7) is 5.47. The van der Waals surface area contributed by atoms with Gasteiger partial charge in [-0.25, -0.2) is 4.79 Å². The Bertz CT molecular complexity index is 375. The van der Waals surface area contributed by atoms with Crippen LogP contribution in [0.5, 0.6) is 0 Å². The Labute approximate surface area is 99.7 Å².